The third-order valence-electron chi connectivity index (χ3n) is 2.45. The van der Waals surface area contributed by atoms with Crippen molar-refractivity contribution in [3.63, 3.8) is 0 Å². The van der Waals surface area contributed by atoms with E-state index in [2.05, 4.69) is 0 Å². The van der Waals surface area contributed by atoms with Crippen molar-refractivity contribution in [2.24, 2.45) is 0 Å². The van der Waals surface area contributed by atoms with Gasteiger partial charge < -0.3 is 15.2 Å². The highest BCUT2D eigenvalue weighted by Gasteiger charge is 2.17. The molecule has 0 radical (unpaired) electrons. The van der Waals surface area contributed by atoms with Gasteiger partial charge >= 0.3 is 5.69 Å². The molecule has 0 amide bonds. The van der Waals surface area contributed by atoms with Crippen LogP contribution in [0.3, 0.4) is 0 Å². The number of nitrogen functional groups attached to an aromatic ring is 1. The fraction of sp³-hybridized carbons (Fsp3) is 0.0769. The molecule has 2 aromatic rings. The number of rotatable bonds is 4. The molecule has 2 aromatic carbocycles. The molecule has 0 saturated heterocycles. The summed E-state index contributed by atoms with van der Waals surface area (Å²) in [5.41, 5.74) is 5.98. The molecule has 0 unspecified atom stereocenters. The van der Waals surface area contributed by atoms with Crippen molar-refractivity contribution in [3.8, 4) is 17.2 Å². The lowest BCUT2D eigenvalue weighted by atomic mass is 10.2. The minimum atomic E-state index is -0.524. The summed E-state index contributed by atoms with van der Waals surface area (Å²) in [4.78, 5) is 10.5. The van der Waals surface area contributed by atoms with Gasteiger partial charge in [-0.1, -0.05) is 6.07 Å². The van der Waals surface area contributed by atoms with Crippen LogP contribution in [-0.4, -0.2) is 12.0 Å². The lowest BCUT2D eigenvalue weighted by Gasteiger charge is -2.08. The number of methoxy groups -OCH3 is 1. The molecule has 0 aliphatic carbocycles. The van der Waals surface area contributed by atoms with Gasteiger partial charge in [-0.15, -0.1) is 0 Å². The highest BCUT2D eigenvalue weighted by Crippen LogP contribution is 2.34. The highest BCUT2D eigenvalue weighted by molar-refractivity contribution is 5.53. The van der Waals surface area contributed by atoms with Crippen molar-refractivity contribution in [1.82, 2.24) is 0 Å². The molecule has 0 aliphatic heterocycles. The second-order valence-electron chi connectivity index (χ2n) is 3.77. The van der Waals surface area contributed by atoms with E-state index >= 15 is 0 Å². The number of hydrogen-bond acceptors (Lipinski definition) is 5. The summed E-state index contributed by atoms with van der Waals surface area (Å²) in [6.07, 6.45) is 0. The monoisotopic (exact) mass is 260 g/mol. The predicted molar refractivity (Wildman–Crippen MR) is 70.6 cm³/mol. The highest BCUT2D eigenvalue weighted by atomic mass is 16.6. The standard InChI is InChI=1S/C13H12N2O4/c1-18-10-5-6-13(12(8-10)15(16)17)19-11-4-2-3-9(14)7-11/h2-8H,14H2,1H3. The van der Waals surface area contributed by atoms with E-state index in [9.17, 15) is 10.1 Å². The Labute approximate surface area is 109 Å². The van der Waals surface area contributed by atoms with Gasteiger partial charge in [0.2, 0.25) is 5.75 Å². The largest absolute Gasteiger partial charge is 0.496 e. The quantitative estimate of drug-likeness (QED) is 0.518. The molecule has 6 heteroatoms. The number of nitrogens with two attached hydrogens (primary N) is 1. The number of ether oxygens (including phenoxy) is 2. The van der Waals surface area contributed by atoms with Crippen LogP contribution in [0.2, 0.25) is 0 Å². The van der Waals surface area contributed by atoms with Crippen LogP contribution in [0.25, 0.3) is 0 Å². The molecule has 2 rings (SSSR count). The zero-order valence-corrected chi connectivity index (χ0v) is 10.2. The third kappa shape index (κ3) is 2.92. The van der Waals surface area contributed by atoms with E-state index in [1.807, 2.05) is 0 Å². The molecule has 0 atom stereocenters. The zero-order valence-electron chi connectivity index (χ0n) is 10.2. The number of nitrogens with zero attached hydrogens (tertiary/aromatic N) is 1. The van der Waals surface area contributed by atoms with Gasteiger partial charge in [0, 0.05) is 11.8 Å². The van der Waals surface area contributed by atoms with Crippen LogP contribution in [0.4, 0.5) is 11.4 Å². The van der Waals surface area contributed by atoms with Crippen molar-refractivity contribution in [3.05, 3.63) is 52.6 Å². The van der Waals surface area contributed by atoms with E-state index in [0.717, 1.165) is 0 Å². The summed E-state index contributed by atoms with van der Waals surface area (Å²) < 4.78 is 10.4. The van der Waals surface area contributed by atoms with Gasteiger partial charge in [-0.3, -0.25) is 10.1 Å². The summed E-state index contributed by atoms with van der Waals surface area (Å²) in [5.74, 6) is 0.969. The molecule has 0 aromatic heterocycles. The number of nitro groups is 1. The van der Waals surface area contributed by atoms with Crippen molar-refractivity contribution in [1.29, 1.82) is 0 Å². The number of benzene rings is 2. The predicted octanol–water partition coefficient (Wildman–Crippen LogP) is 2.98. The Hall–Kier alpha value is -2.76. The van der Waals surface area contributed by atoms with Crippen molar-refractivity contribution < 1.29 is 14.4 Å². The van der Waals surface area contributed by atoms with Crippen LogP contribution in [0.1, 0.15) is 0 Å². The Bertz CT molecular complexity index is 613. The first-order valence-electron chi connectivity index (χ1n) is 5.46. The molecule has 0 heterocycles. The maximum absolute atomic E-state index is 11.0. The van der Waals surface area contributed by atoms with Gasteiger partial charge in [0.25, 0.3) is 0 Å². The maximum Gasteiger partial charge on any atom is 0.315 e. The molecular formula is C13H12N2O4. The van der Waals surface area contributed by atoms with Crippen molar-refractivity contribution in [2.45, 2.75) is 0 Å². The summed E-state index contributed by atoms with van der Waals surface area (Å²) in [6.45, 7) is 0. The molecule has 19 heavy (non-hydrogen) atoms. The number of anilines is 1. The molecule has 0 spiro atoms. The average molecular weight is 260 g/mol. The topological polar surface area (TPSA) is 87.6 Å². The summed E-state index contributed by atoms with van der Waals surface area (Å²) in [7, 11) is 1.44. The minimum absolute atomic E-state index is 0.136. The van der Waals surface area contributed by atoms with Gasteiger partial charge in [0.1, 0.15) is 11.5 Å². The smallest absolute Gasteiger partial charge is 0.315 e. The molecule has 0 bridgehead atoms. The molecule has 2 N–H and O–H groups in total. The second kappa shape index (κ2) is 5.26. The fourth-order valence-corrected chi connectivity index (χ4v) is 1.56. The van der Waals surface area contributed by atoms with Crippen LogP contribution in [-0.2, 0) is 0 Å². The first-order valence-corrected chi connectivity index (χ1v) is 5.46. The first-order chi connectivity index (χ1) is 9.10. The molecule has 0 fully saturated rings. The van der Waals surface area contributed by atoms with Gasteiger partial charge in [-0.25, -0.2) is 0 Å². The van der Waals surface area contributed by atoms with Crippen LogP contribution < -0.4 is 15.2 Å². The lowest BCUT2D eigenvalue weighted by molar-refractivity contribution is -0.385. The zero-order chi connectivity index (χ0) is 13.8. The number of nitro benzene ring substituents is 1. The van der Waals surface area contributed by atoms with E-state index in [0.29, 0.717) is 17.2 Å². The first kappa shape index (κ1) is 12.7. The van der Waals surface area contributed by atoms with Crippen LogP contribution >= 0.6 is 0 Å². The second-order valence-corrected chi connectivity index (χ2v) is 3.77. The van der Waals surface area contributed by atoms with Crippen molar-refractivity contribution in [2.75, 3.05) is 12.8 Å². The van der Waals surface area contributed by atoms with Crippen LogP contribution in [0.15, 0.2) is 42.5 Å². The summed E-state index contributed by atoms with van der Waals surface area (Å²) >= 11 is 0. The Morgan fingerprint density at radius 1 is 1.16 bits per heavy atom. The average Bonchev–Trinajstić information content (AvgIpc) is 2.39. The summed E-state index contributed by atoms with van der Waals surface area (Å²) in [6, 6.07) is 11.1. The number of hydrogen-bond donors (Lipinski definition) is 1. The summed E-state index contributed by atoms with van der Waals surface area (Å²) in [5, 5.41) is 11.0. The van der Waals surface area contributed by atoms with Gasteiger partial charge in [-0.2, -0.15) is 0 Å². The van der Waals surface area contributed by atoms with Gasteiger partial charge in [0.05, 0.1) is 18.1 Å². The minimum Gasteiger partial charge on any atom is -0.496 e. The lowest BCUT2D eigenvalue weighted by Crippen LogP contribution is -1.95. The van der Waals surface area contributed by atoms with E-state index in [4.69, 9.17) is 15.2 Å². The Kier molecular flexibility index (Phi) is 3.51. The van der Waals surface area contributed by atoms with Crippen molar-refractivity contribution >= 4 is 11.4 Å². The van der Waals surface area contributed by atoms with Gasteiger partial charge in [0.15, 0.2) is 0 Å². The molecular weight excluding hydrogens is 248 g/mol. The van der Waals surface area contributed by atoms with E-state index in [1.54, 1.807) is 30.3 Å². The fourth-order valence-electron chi connectivity index (χ4n) is 1.56. The Morgan fingerprint density at radius 3 is 2.58 bits per heavy atom. The molecule has 0 aliphatic rings. The van der Waals surface area contributed by atoms with E-state index in [-0.39, 0.29) is 11.4 Å². The third-order valence-corrected chi connectivity index (χ3v) is 2.45. The Morgan fingerprint density at radius 2 is 1.95 bits per heavy atom. The molecule has 0 saturated carbocycles. The normalized spacial score (nSPS) is 9.95. The van der Waals surface area contributed by atoms with Gasteiger partial charge in [-0.05, 0) is 24.3 Å². The Balaban J connectivity index is 2.36. The van der Waals surface area contributed by atoms with Crippen LogP contribution in [0, 0.1) is 10.1 Å². The maximum atomic E-state index is 11.0. The van der Waals surface area contributed by atoms with Crippen LogP contribution in [0.5, 0.6) is 17.2 Å². The molecule has 6 nitrogen and oxygen atoms in total. The SMILES string of the molecule is COc1ccc(Oc2cccc(N)c2)c([N+](=O)[O-])c1. The van der Waals surface area contributed by atoms with E-state index < -0.39 is 4.92 Å². The molecule has 98 valence electrons. The van der Waals surface area contributed by atoms with E-state index in [1.165, 1.54) is 19.2 Å².